The molecule has 3 rings (SSSR count). The molecule has 1 aromatic heterocycles. The van der Waals surface area contributed by atoms with E-state index in [0.717, 1.165) is 16.7 Å². The lowest BCUT2D eigenvalue weighted by atomic mass is 9.85. The Kier molecular flexibility index (Phi) is 5.42. The number of carbonyl (C=O) groups excluding carboxylic acids is 1. The number of furan rings is 1. The fraction of sp³-hybridized carbons (Fsp3) is 0.476. The second kappa shape index (κ2) is 7.37. The van der Waals surface area contributed by atoms with Gasteiger partial charge in [-0.3, -0.25) is 4.79 Å². The molecule has 2 aromatic rings. The van der Waals surface area contributed by atoms with Gasteiger partial charge in [0.2, 0.25) is 10.0 Å². The van der Waals surface area contributed by atoms with Gasteiger partial charge in [-0.25, -0.2) is 8.42 Å². The SMILES string of the molecule is Cc1cc(C(C)(C)C)cc(C)c1S(=O)(=O)N1CCN(C(=O)c2ccco2)CC1. The Hall–Kier alpha value is -2.12. The van der Waals surface area contributed by atoms with Crippen LogP contribution in [0.25, 0.3) is 0 Å². The van der Waals surface area contributed by atoms with Crippen LogP contribution in [-0.4, -0.2) is 49.7 Å². The van der Waals surface area contributed by atoms with Crippen LogP contribution in [0.3, 0.4) is 0 Å². The number of benzene rings is 1. The lowest BCUT2D eigenvalue weighted by Gasteiger charge is -2.34. The normalized spacial score (nSPS) is 16.4. The highest BCUT2D eigenvalue weighted by Crippen LogP contribution is 2.31. The Morgan fingerprint density at radius 1 is 1.04 bits per heavy atom. The quantitative estimate of drug-likeness (QED) is 0.787. The summed E-state index contributed by atoms with van der Waals surface area (Å²) >= 11 is 0. The van der Waals surface area contributed by atoms with Gasteiger partial charge in [0.25, 0.3) is 5.91 Å². The number of sulfonamides is 1. The van der Waals surface area contributed by atoms with Crippen LogP contribution in [0.4, 0.5) is 0 Å². The average Bonchev–Trinajstić information content (AvgIpc) is 3.14. The molecular formula is C21H28N2O4S. The van der Waals surface area contributed by atoms with Crippen LogP contribution in [0.1, 0.15) is 48.0 Å². The van der Waals surface area contributed by atoms with Gasteiger partial charge in [0, 0.05) is 26.2 Å². The second-order valence-corrected chi connectivity index (χ2v) is 10.2. The lowest BCUT2D eigenvalue weighted by Crippen LogP contribution is -2.50. The Morgan fingerprint density at radius 2 is 1.61 bits per heavy atom. The van der Waals surface area contributed by atoms with Gasteiger partial charge in [0.05, 0.1) is 11.2 Å². The zero-order valence-electron chi connectivity index (χ0n) is 17.2. The molecule has 2 heterocycles. The van der Waals surface area contributed by atoms with E-state index in [1.54, 1.807) is 17.0 Å². The molecule has 1 aliphatic heterocycles. The van der Waals surface area contributed by atoms with E-state index < -0.39 is 10.0 Å². The molecule has 6 nitrogen and oxygen atoms in total. The highest BCUT2D eigenvalue weighted by Gasteiger charge is 2.33. The topological polar surface area (TPSA) is 70.8 Å². The van der Waals surface area contributed by atoms with Crippen molar-refractivity contribution in [3.63, 3.8) is 0 Å². The second-order valence-electron chi connectivity index (χ2n) is 8.36. The van der Waals surface area contributed by atoms with Crippen molar-refractivity contribution in [2.75, 3.05) is 26.2 Å². The summed E-state index contributed by atoms with van der Waals surface area (Å²) in [6.07, 6.45) is 1.46. The van der Waals surface area contributed by atoms with Crippen molar-refractivity contribution < 1.29 is 17.6 Å². The minimum Gasteiger partial charge on any atom is -0.459 e. The Labute approximate surface area is 167 Å². The molecule has 1 fully saturated rings. The molecule has 0 saturated carbocycles. The third kappa shape index (κ3) is 3.86. The van der Waals surface area contributed by atoms with E-state index in [9.17, 15) is 13.2 Å². The molecule has 0 aliphatic carbocycles. The van der Waals surface area contributed by atoms with E-state index in [4.69, 9.17) is 4.42 Å². The highest BCUT2D eigenvalue weighted by molar-refractivity contribution is 7.89. The van der Waals surface area contributed by atoms with Crippen molar-refractivity contribution in [2.24, 2.45) is 0 Å². The first-order chi connectivity index (χ1) is 13.0. The van der Waals surface area contributed by atoms with Gasteiger partial charge in [0.1, 0.15) is 0 Å². The molecule has 152 valence electrons. The van der Waals surface area contributed by atoms with Crippen LogP contribution in [-0.2, 0) is 15.4 Å². The summed E-state index contributed by atoms with van der Waals surface area (Å²) in [6, 6.07) is 7.23. The van der Waals surface area contributed by atoms with Crippen LogP contribution in [0.5, 0.6) is 0 Å². The molecule has 7 heteroatoms. The maximum Gasteiger partial charge on any atom is 0.289 e. The lowest BCUT2D eigenvalue weighted by molar-refractivity contribution is 0.0666. The largest absolute Gasteiger partial charge is 0.459 e. The molecule has 1 aliphatic rings. The average molecular weight is 405 g/mol. The number of hydrogen-bond acceptors (Lipinski definition) is 4. The zero-order valence-corrected chi connectivity index (χ0v) is 18.0. The smallest absolute Gasteiger partial charge is 0.289 e. The summed E-state index contributed by atoms with van der Waals surface area (Å²) in [7, 11) is -3.62. The minimum atomic E-state index is -3.62. The van der Waals surface area contributed by atoms with E-state index in [1.807, 2.05) is 26.0 Å². The van der Waals surface area contributed by atoms with E-state index in [1.165, 1.54) is 10.6 Å². The van der Waals surface area contributed by atoms with E-state index in [2.05, 4.69) is 20.8 Å². The first-order valence-electron chi connectivity index (χ1n) is 9.46. The van der Waals surface area contributed by atoms with Gasteiger partial charge < -0.3 is 9.32 Å². The number of piperazine rings is 1. The summed E-state index contributed by atoms with van der Waals surface area (Å²) in [5, 5.41) is 0. The van der Waals surface area contributed by atoms with E-state index in [-0.39, 0.29) is 30.2 Å². The summed E-state index contributed by atoms with van der Waals surface area (Å²) in [6.45, 7) is 11.3. The van der Waals surface area contributed by atoms with Crippen molar-refractivity contribution in [3.05, 3.63) is 53.0 Å². The molecular weight excluding hydrogens is 376 g/mol. The zero-order chi connectivity index (χ0) is 20.7. The third-order valence-electron chi connectivity index (χ3n) is 5.18. The fourth-order valence-corrected chi connectivity index (χ4v) is 5.44. The molecule has 0 radical (unpaired) electrons. The summed E-state index contributed by atoms with van der Waals surface area (Å²) in [4.78, 5) is 14.4. The number of hydrogen-bond donors (Lipinski definition) is 0. The molecule has 0 N–H and O–H groups in total. The molecule has 1 aromatic carbocycles. The number of rotatable bonds is 3. The fourth-order valence-electron chi connectivity index (χ4n) is 3.61. The van der Waals surface area contributed by atoms with Gasteiger partial charge in [-0.15, -0.1) is 0 Å². The Balaban J connectivity index is 1.80. The first kappa shape index (κ1) is 20.6. The van der Waals surface area contributed by atoms with Gasteiger partial charge in [0.15, 0.2) is 5.76 Å². The standard InChI is InChI=1S/C21H28N2O4S/c1-15-13-17(21(3,4)5)14-16(2)19(15)28(25,26)23-10-8-22(9-11-23)20(24)18-7-6-12-27-18/h6-7,12-14H,8-11H2,1-5H3. The van der Waals surface area contributed by atoms with Crippen molar-refractivity contribution in [3.8, 4) is 0 Å². The molecule has 0 unspecified atom stereocenters. The van der Waals surface area contributed by atoms with Crippen LogP contribution < -0.4 is 0 Å². The summed E-state index contributed by atoms with van der Waals surface area (Å²) in [5.74, 6) is 0.0738. The first-order valence-corrected chi connectivity index (χ1v) is 10.9. The monoisotopic (exact) mass is 404 g/mol. The van der Waals surface area contributed by atoms with Gasteiger partial charge in [-0.05, 0) is 48.1 Å². The van der Waals surface area contributed by atoms with Crippen LogP contribution >= 0.6 is 0 Å². The molecule has 0 spiro atoms. The molecule has 28 heavy (non-hydrogen) atoms. The van der Waals surface area contributed by atoms with E-state index in [0.29, 0.717) is 18.0 Å². The van der Waals surface area contributed by atoms with Crippen molar-refractivity contribution >= 4 is 15.9 Å². The maximum absolute atomic E-state index is 13.3. The van der Waals surface area contributed by atoms with Crippen molar-refractivity contribution in [2.45, 2.75) is 44.9 Å². The predicted molar refractivity (Wildman–Crippen MR) is 108 cm³/mol. The number of nitrogens with zero attached hydrogens (tertiary/aromatic N) is 2. The number of amides is 1. The minimum absolute atomic E-state index is 0.0460. The molecule has 0 atom stereocenters. The predicted octanol–water partition coefficient (Wildman–Crippen LogP) is 3.34. The number of aryl methyl sites for hydroxylation is 2. The Morgan fingerprint density at radius 3 is 2.07 bits per heavy atom. The third-order valence-corrected chi connectivity index (χ3v) is 7.39. The summed E-state index contributed by atoms with van der Waals surface area (Å²) < 4.78 is 33.2. The highest BCUT2D eigenvalue weighted by atomic mass is 32.2. The molecule has 1 amide bonds. The Bertz CT molecular complexity index is 941. The maximum atomic E-state index is 13.3. The number of carbonyl (C=O) groups is 1. The van der Waals surface area contributed by atoms with E-state index >= 15 is 0 Å². The van der Waals surface area contributed by atoms with Gasteiger partial charge in [-0.2, -0.15) is 4.31 Å². The van der Waals surface area contributed by atoms with Crippen molar-refractivity contribution in [1.82, 2.24) is 9.21 Å². The van der Waals surface area contributed by atoms with Gasteiger partial charge >= 0.3 is 0 Å². The van der Waals surface area contributed by atoms with Crippen molar-refractivity contribution in [1.29, 1.82) is 0 Å². The van der Waals surface area contributed by atoms with Crippen LogP contribution in [0.2, 0.25) is 0 Å². The van der Waals surface area contributed by atoms with Crippen LogP contribution in [0, 0.1) is 13.8 Å². The van der Waals surface area contributed by atoms with Crippen LogP contribution in [0.15, 0.2) is 39.8 Å². The van der Waals surface area contributed by atoms with Gasteiger partial charge in [-0.1, -0.05) is 32.9 Å². The molecule has 0 bridgehead atoms. The molecule has 1 saturated heterocycles. The summed E-state index contributed by atoms with van der Waals surface area (Å²) in [5.41, 5.74) is 2.60.